The number of quaternary nitrogens is 1. The molecule has 1 N–H and O–H groups in total. The number of carbonyl (C=O) groups excluding carboxylic acids is 1. The predicted molar refractivity (Wildman–Crippen MR) is 123 cm³/mol. The first kappa shape index (κ1) is 24.9. The van der Waals surface area contributed by atoms with Gasteiger partial charge < -0.3 is 14.3 Å². The molecule has 0 amide bonds. The van der Waals surface area contributed by atoms with E-state index in [1.165, 1.54) is 50.5 Å². The SMILES string of the molecule is CCCCCCCCCCOC(=O)C[N+]1(C(CO)Cc2ccccc2)CCCCC1. The summed E-state index contributed by atoms with van der Waals surface area (Å²) in [6.45, 7) is 5.22. The fourth-order valence-electron chi connectivity index (χ4n) is 4.84. The molecular formula is C26H44NO3+. The molecule has 1 unspecified atom stereocenters. The monoisotopic (exact) mass is 418 g/mol. The number of likely N-dealkylation sites (tertiary alicyclic amines) is 1. The highest BCUT2D eigenvalue weighted by atomic mass is 16.5. The maximum atomic E-state index is 12.7. The molecule has 30 heavy (non-hydrogen) atoms. The zero-order valence-corrected chi connectivity index (χ0v) is 19.2. The van der Waals surface area contributed by atoms with E-state index in [0.29, 0.717) is 17.6 Å². The molecule has 4 heteroatoms. The van der Waals surface area contributed by atoms with E-state index < -0.39 is 0 Å². The Bertz CT molecular complexity index is 569. The molecule has 0 saturated carbocycles. The zero-order valence-electron chi connectivity index (χ0n) is 19.2. The van der Waals surface area contributed by atoms with Crippen LogP contribution in [0.3, 0.4) is 0 Å². The average Bonchev–Trinajstić information content (AvgIpc) is 2.77. The Hall–Kier alpha value is -1.39. The number of unbranched alkanes of at least 4 members (excludes halogenated alkanes) is 7. The highest BCUT2D eigenvalue weighted by Crippen LogP contribution is 2.25. The van der Waals surface area contributed by atoms with Crippen LogP contribution in [-0.2, 0) is 16.0 Å². The molecule has 1 saturated heterocycles. The molecule has 1 atom stereocenters. The number of hydrogen-bond donors (Lipinski definition) is 1. The topological polar surface area (TPSA) is 46.5 Å². The van der Waals surface area contributed by atoms with Crippen molar-refractivity contribution in [3.63, 3.8) is 0 Å². The summed E-state index contributed by atoms with van der Waals surface area (Å²) in [7, 11) is 0. The smallest absolute Gasteiger partial charge is 0.361 e. The Morgan fingerprint density at radius 3 is 2.23 bits per heavy atom. The molecule has 2 rings (SSSR count). The maximum absolute atomic E-state index is 12.7. The number of benzene rings is 1. The van der Waals surface area contributed by atoms with Crippen LogP contribution in [0.4, 0.5) is 0 Å². The van der Waals surface area contributed by atoms with Crippen LogP contribution in [0.1, 0.15) is 83.1 Å². The molecular weight excluding hydrogens is 374 g/mol. The van der Waals surface area contributed by atoms with Crippen LogP contribution in [0.5, 0.6) is 0 Å². The summed E-state index contributed by atoms with van der Waals surface area (Å²) < 4.78 is 6.31. The Balaban J connectivity index is 1.78. The van der Waals surface area contributed by atoms with Gasteiger partial charge in [-0.05, 0) is 31.2 Å². The van der Waals surface area contributed by atoms with Crippen molar-refractivity contribution in [2.45, 2.75) is 90.0 Å². The van der Waals surface area contributed by atoms with Gasteiger partial charge in [-0.15, -0.1) is 0 Å². The van der Waals surface area contributed by atoms with Gasteiger partial charge in [0.15, 0.2) is 6.54 Å². The van der Waals surface area contributed by atoms with E-state index >= 15 is 0 Å². The van der Waals surface area contributed by atoms with E-state index in [1.54, 1.807) is 0 Å². The Morgan fingerprint density at radius 2 is 1.60 bits per heavy atom. The second kappa shape index (κ2) is 14.6. The van der Waals surface area contributed by atoms with Crippen LogP contribution < -0.4 is 0 Å². The molecule has 0 aliphatic carbocycles. The minimum absolute atomic E-state index is 0.0587. The van der Waals surface area contributed by atoms with Crippen LogP contribution in [0, 0.1) is 0 Å². The predicted octanol–water partition coefficient (Wildman–Crippen LogP) is 5.27. The van der Waals surface area contributed by atoms with Crippen molar-refractivity contribution < 1.29 is 19.1 Å². The molecule has 0 aromatic heterocycles. The van der Waals surface area contributed by atoms with Gasteiger partial charge in [0.25, 0.3) is 0 Å². The van der Waals surface area contributed by atoms with Crippen molar-refractivity contribution in [2.75, 3.05) is 32.8 Å². The van der Waals surface area contributed by atoms with Crippen LogP contribution in [0.2, 0.25) is 0 Å². The third kappa shape index (κ3) is 8.77. The fourth-order valence-corrected chi connectivity index (χ4v) is 4.84. The molecule has 1 fully saturated rings. The summed E-state index contributed by atoms with van der Waals surface area (Å²) in [5, 5.41) is 10.2. The van der Waals surface area contributed by atoms with E-state index in [2.05, 4.69) is 19.1 Å². The highest BCUT2D eigenvalue weighted by molar-refractivity contribution is 5.70. The summed E-state index contributed by atoms with van der Waals surface area (Å²) in [6.07, 6.45) is 14.2. The molecule has 1 aliphatic heterocycles. The standard InChI is InChI=1S/C26H44NO3/c1-2-3-4-5-6-7-8-15-20-30-26(29)22-27(18-13-10-14-19-27)25(23-28)21-24-16-11-9-12-17-24/h9,11-12,16-17,25,28H,2-8,10,13-15,18-23H2,1H3/q+1. The van der Waals surface area contributed by atoms with Crippen molar-refractivity contribution in [2.24, 2.45) is 0 Å². The Kier molecular flexibility index (Phi) is 12.1. The second-order valence-electron chi connectivity index (χ2n) is 9.11. The number of hydrogen-bond acceptors (Lipinski definition) is 3. The van der Waals surface area contributed by atoms with E-state index in [-0.39, 0.29) is 18.6 Å². The summed E-state index contributed by atoms with van der Waals surface area (Å²) in [4.78, 5) is 12.7. The van der Waals surface area contributed by atoms with Gasteiger partial charge in [-0.1, -0.05) is 82.2 Å². The first-order chi connectivity index (χ1) is 14.7. The number of carbonyl (C=O) groups is 1. The van der Waals surface area contributed by atoms with Gasteiger partial charge in [0.05, 0.1) is 26.3 Å². The van der Waals surface area contributed by atoms with Crippen LogP contribution in [-0.4, -0.2) is 54.4 Å². The molecule has 1 aromatic carbocycles. The fraction of sp³-hybridized carbons (Fsp3) is 0.731. The number of aliphatic hydroxyl groups excluding tert-OH is 1. The van der Waals surface area contributed by atoms with Crippen molar-refractivity contribution in [1.29, 1.82) is 0 Å². The molecule has 0 spiro atoms. The minimum atomic E-state index is -0.0913. The number of ether oxygens (including phenoxy) is 1. The van der Waals surface area contributed by atoms with Gasteiger partial charge in [0.2, 0.25) is 0 Å². The second-order valence-corrected chi connectivity index (χ2v) is 9.11. The summed E-state index contributed by atoms with van der Waals surface area (Å²) in [6, 6.07) is 10.4. The third-order valence-electron chi connectivity index (χ3n) is 6.71. The summed E-state index contributed by atoms with van der Waals surface area (Å²) in [5.41, 5.74) is 1.23. The van der Waals surface area contributed by atoms with Crippen molar-refractivity contribution >= 4 is 5.97 Å². The molecule has 1 heterocycles. The van der Waals surface area contributed by atoms with Gasteiger partial charge in [-0.3, -0.25) is 0 Å². The largest absolute Gasteiger partial charge is 0.462 e. The van der Waals surface area contributed by atoms with E-state index in [0.717, 1.165) is 45.2 Å². The van der Waals surface area contributed by atoms with E-state index in [9.17, 15) is 9.90 Å². The normalized spacial score (nSPS) is 16.9. The van der Waals surface area contributed by atoms with Gasteiger partial charge in [-0.25, -0.2) is 4.79 Å². The molecule has 1 aliphatic rings. The van der Waals surface area contributed by atoms with Gasteiger partial charge in [0, 0.05) is 6.42 Å². The highest BCUT2D eigenvalue weighted by Gasteiger charge is 2.40. The quantitative estimate of drug-likeness (QED) is 0.240. The minimum Gasteiger partial charge on any atom is -0.462 e. The maximum Gasteiger partial charge on any atom is 0.361 e. The van der Waals surface area contributed by atoms with Gasteiger partial charge in [-0.2, -0.15) is 0 Å². The van der Waals surface area contributed by atoms with Crippen molar-refractivity contribution in [3.8, 4) is 0 Å². The lowest BCUT2D eigenvalue weighted by Crippen LogP contribution is -2.62. The zero-order chi connectivity index (χ0) is 21.5. The molecule has 0 radical (unpaired) electrons. The number of nitrogens with zero attached hydrogens (tertiary/aromatic N) is 1. The molecule has 1 aromatic rings. The van der Waals surface area contributed by atoms with Crippen LogP contribution in [0.25, 0.3) is 0 Å². The molecule has 170 valence electrons. The van der Waals surface area contributed by atoms with Crippen LogP contribution >= 0.6 is 0 Å². The van der Waals surface area contributed by atoms with Crippen molar-refractivity contribution in [3.05, 3.63) is 35.9 Å². The summed E-state index contributed by atoms with van der Waals surface area (Å²) in [5.74, 6) is -0.0913. The summed E-state index contributed by atoms with van der Waals surface area (Å²) >= 11 is 0. The van der Waals surface area contributed by atoms with Gasteiger partial charge >= 0.3 is 5.97 Å². The Morgan fingerprint density at radius 1 is 0.967 bits per heavy atom. The number of esters is 1. The number of piperidine rings is 1. The van der Waals surface area contributed by atoms with Crippen molar-refractivity contribution in [1.82, 2.24) is 0 Å². The number of rotatable bonds is 15. The lowest BCUT2D eigenvalue weighted by Gasteiger charge is -2.46. The van der Waals surface area contributed by atoms with Crippen LogP contribution in [0.15, 0.2) is 30.3 Å². The molecule has 4 nitrogen and oxygen atoms in total. The number of aliphatic hydroxyl groups is 1. The lowest BCUT2D eigenvalue weighted by atomic mass is 9.98. The first-order valence-electron chi connectivity index (χ1n) is 12.4. The van der Waals surface area contributed by atoms with E-state index in [4.69, 9.17) is 4.74 Å². The lowest BCUT2D eigenvalue weighted by molar-refractivity contribution is -0.949. The van der Waals surface area contributed by atoms with Gasteiger partial charge in [0.1, 0.15) is 6.04 Å². The first-order valence-corrected chi connectivity index (χ1v) is 12.4. The third-order valence-corrected chi connectivity index (χ3v) is 6.71. The Labute approximate surface area is 184 Å². The molecule has 0 bridgehead atoms. The average molecular weight is 419 g/mol. The van der Waals surface area contributed by atoms with E-state index in [1.807, 2.05) is 18.2 Å².